The predicted molar refractivity (Wildman–Crippen MR) is 49.9 cm³/mol. The minimum absolute atomic E-state index is 0.0796. The van der Waals surface area contributed by atoms with Crippen molar-refractivity contribution in [1.29, 1.82) is 0 Å². The van der Waals surface area contributed by atoms with Crippen LogP contribution in [0.1, 0.15) is 5.69 Å². The average Bonchev–Trinajstić information content (AvgIpc) is 2.16. The summed E-state index contributed by atoms with van der Waals surface area (Å²) in [6.45, 7) is 0.472. The van der Waals surface area contributed by atoms with Gasteiger partial charge in [-0.05, 0) is 12.1 Å². The van der Waals surface area contributed by atoms with Crippen molar-refractivity contribution in [2.75, 3.05) is 5.75 Å². The number of nitrogens with one attached hydrogen (secondary N) is 1. The maximum Gasteiger partial charge on any atom is 0.230 e. The maximum atomic E-state index is 10.8. The van der Waals surface area contributed by atoms with Crippen molar-refractivity contribution in [3.05, 3.63) is 30.1 Å². The lowest BCUT2D eigenvalue weighted by Crippen LogP contribution is -2.24. The Balaban J connectivity index is 2.38. The van der Waals surface area contributed by atoms with Crippen molar-refractivity contribution in [3.8, 4) is 0 Å². The molecule has 12 heavy (non-hydrogen) atoms. The number of hydrogen-bond donors (Lipinski definition) is 2. The molecule has 0 unspecified atom stereocenters. The molecule has 1 aromatic heterocycles. The lowest BCUT2D eigenvalue weighted by atomic mass is 10.3. The van der Waals surface area contributed by atoms with Gasteiger partial charge in [0.2, 0.25) is 5.91 Å². The number of carbonyl (C=O) groups is 1. The van der Waals surface area contributed by atoms with Gasteiger partial charge in [-0.3, -0.25) is 9.78 Å². The summed E-state index contributed by atoms with van der Waals surface area (Å²) < 4.78 is 0. The Kier molecular flexibility index (Phi) is 3.60. The van der Waals surface area contributed by atoms with Gasteiger partial charge in [0.15, 0.2) is 0 Å². The molecule has 1 N–H and O–H groups in total. The molecule has 1 heterocycles. The summed E-state index contributed by atoms with van der Waals surface area (Å²) in [5.41, 5.74) is 0.854. The third-order valence-corrected chi connectivity index (χ3v) is 1.62. The molecular formula is C8H10N2OS. The standard InChI is InChI=1S/C8H10N2OS/c11-8(6-12)10-5-7-3-1-2-4-9-7/h1-4,12H,5-6H2,(H,10,11). The summed E-state index contributed by atoms with van der Waals surface area (Å²) in [6.07, 6.45) is 1.70. The molecule has 1 rings (SSSR count). The van der Waals surface area contributed by atoms with Crippen molar-refractivity contribution in [3.63, 3.8) is 0 Å². The molecule has 64 valence electrons. The molecule has 0 saturated heterocycles. The second-order valence-electron chi connectivity index (χ2n) is 2.26. The smallest absolute Gasteiger partial charge is 0.230 e. The minimum Gasteiger partial charge on any atom is -0.350 e. The number of amides is 1. The van der Waals surface area contributed by atoms with Crippen molar-refractivity contribution in [1.82, 2.24) is 10.3 Å². The van der Waals surface area contributed by atoms with Gasteiger partial charge in [0.05, 0.1) is 18.0 Å². The lowest BCUT2D eigenvalue weighted by Gasteiger charge is -2.00. The van der Waals surface area contributed by atoms with E-state index in [1.807, 2.05) is 18.2 Å². The fraction of sp³-hybridized carbons (Fsp3) is 0.250. The third kappa shape index (κ3) is 2.92. The first-order valence-electron chi connectivity index (χ1n) is 3.60. The highest BCUT2D eigenvalue weighted by Crippen LogP contribution is 1.91. The highest BCUT2D eigenvalue weighted by Gasteiger charge is 1.96. The van der Waals surface area contributed by atoms with Crippen LogP contribution in [0.2, 0.25) is 0 Å². The van der Waals surface area contributed by atoms with E-state index >= 15 is 0 Å². The van der Waals surface area contributed by atoms with E-state index in [1.165, 1.54) is 0 Å². The zero-order valence-electron chi connectivity index (χ0n) is 6.53. The van der Waals surface area contributed by atoms with Gasteiger partial charge in [-0.25, -0.2) is 0 Å². The van der Waals surface area contributed by atoms with Gasteiger partial charge < -0.3 is 5.32 Å². The summed E-state index contributed by atoms with van der Waals surface area (Å²) in [5, 5.41) is 2.67. The van der Waals surface area contributed by atoms with Gasteiger partial charge in [-0.15, -0.1) is 0 Å². The summed E-state index contributed by atoms with van der Waals surface area (Å²) in [5.74, 6) is 0.135. The van der Waals surface area contributed by atoms with Gasteiger partial charge in [0.25, 0.3) is 0 Å². The molecule has 0 saturated carbocycles. The first-order valence-corrected chi connectivity index (χ1v) is 4.23. The van der Waals surface area contributed by atoms with Crippen LogP contribution in [0.5, 0.6) is 0 Å². The molecule has 1 aromatic rings. The second-order valence-corrected chi connectivity index (χ2v) is 2.57. The largest absolute Gasteiger partial charge is 0.350 e. The Bertz CT molecular complexity index is 250. The Labute approximate surface area is 76.6 Å². The molecule has 0 radical (unpaired) electrons. The molecule has 0 atom stereocenters. The summed E-state index contributed by atoms with van der Waals surface area (Å²) in [6, 6.07) is 5.58. The van der Waals surface area contributed by atoms with Crippen LogP contribution >= 0.6 is 12.6 Å². The number of thiol groups is 1. The Morgan fingerprint density at radius 2 is 2.42 bits per heavy atom. The third-order valence-electron chi connectivity index (χ3n) is 1.34. The topological polar surface area (TPSA) is 42.0 Å². The number of nitrogens with zero attached hydrogens (tertiary/aromatic N) is 1. The fourth-order valence-corrected chi connectivity index (χ4v) is 0.860. The average molecular weight is 182 g/mol. The highest BCUT2D eigenvalue weighted by molar-refractivity contribution is 7.81. The highest BCUT2D eigenvalue weighted by atomic mass is 32.1. The van der Waals surface area contributed by atoms with Gasteiger partial charge in [0.1, 0.15) is 0 Å². The Morgan fingerprint density at radius 1 is 1.58 bits per heavy atom. The van der Waals surface area contributed by atoms with E-state index in [0.29, 0.717) is 6.54 Å². The minimum atomic E-state index is -0.0796. The Morgan fingerprint density at radius 3 is 3.00 bits per heavy atom. The van der Waals surface area contributed by atoms with Crippen LogP contribution in [0.15, 0.2) is 24.4 Å². The van der Waals surface area contributed by atoms with E-state index in [2.05, 4.69) is 22.9 Å². The van der Waals surface area contributed by atoms with E-state index in [0.717, 1.165) is 5.69 Å². The monoisotopic (exact) mass is 182 g/mol. The predicted octanol–water partition coefficient (Wildman–Crippen LogP) is 0.628. The lowest BCUT2D eigenvalue weighted by molar-refractivity contribution is -0.118. The number of carbonyl (C=O) groups excluding carboxylic acids is 1. The summed E-state index contributed by atoms with van der Waals surface area (Å²) in [7, 11) is 0. The zero-order valence-corrected chi connectivity index (χ0v) is 7.42. The number of rotatable bonds is 3. The van der Waals surface area contributed by atoms with Crippen molar-refractivity contribution in [2.24, 2.45) is 0 Å². The summed E-state index contributed by atoms with van der Waals surface area (Å²) >= 11 is 3.83. The van der Waals surface area contributed by atoms with Gasteiger partial charge >= 0.3 is 0 Å². The maximum absolute atomic E-state index is 10.8. The fourth-order valence-electron chi connectivity index (χ4n) is 0.748. The number of pyridine rings is 1. The van der Waals surface area contributed by atoms with Crippen LogP contribution in [0.3, 0.4) is 0 Å². The number of aromatic nitrogens is 1. The van der Waals surface area contributed by atoms with Gasteiger partial charge in [0, 0.05) is 6.20 Å². The SMILES string of the molecule is O=C(CS)NCc1ccccn1. The molecule has 0 spiro atoms. The van der Waals surface area contributed by atoms with Gasteiger partial charge in [-0.1, -0.05) is 6.07 Å². The van der Waals surface area contributed by atoms with E-state index in [4.69, 9.17) is 0 Å². The van der Waals surface area contributed by atoms with E-state index in [9.17, 15) is 4.79 Å². The van der Waals surface area contributed by atoms with E-state index in [1.54, 1.807) is 6.20 Å². The van der Waals surface area contributed by atoms with Crippen LogP contribution in [0.4, 0.5) is 0 Å². The van der Waals surface area contributed by atoms with Gasteiger partial charge in [-0.2, -0.15) is 12.6 Å². The zero-order chi connectivity index (χ0) is 8.81. The van der Waals surface area contributed by atoms with Crippen molar-refractivity contribution >= 4 is 18.5 Å². The Hall–Kier alpha value is -1.03. The molecule has 0 aromatic carbocycles. The van der Waals surface area contributed by atoms with E-state index in [-0.39, 0.29) is 11.7 Å². The summed E-state index contributed by atoms with van der Waals surface area (Å²) in [4.78, 5) is 14.8. The van der Waals surface area contributed by atoms with E-state index < -0.39 is 0 Å². The van der Waals surface area contributed by atoms with Crippen molar-refractivity contribution < 1.29 is 4.79 Å². The molecule has 0 aliphatic heterocycles. The first kappa shape index (κ1) is 9.06. The second kappa shape index (κ2) is 4.77. The first-order chi connectivity index (χ1) is 5.83. The molecule has 3 nitrogen and oxygen atoms in total. The van der Waals surface area contributed by atoms with Crippen molar-refractivity contribution in [2.45, 2.75) is 6.54 Å². The quantitative estimate of drug-likeness (QED) is 0.673. The number of hydrogen-bond acceptors (Lipinski definition) is 3. The van der Waals surface area contributed by atoms with Crippen LogP contribution in [0, 0.1) is 0 Å². The molecule has 0 aliphatic carbocycles. The van der Waals surface area contributed by atoms with Crippen LogP contribution in [-0.4, -0.2) is 16.6 Å². The molecule has 1 amide bonds. The van der Waals surface area contributed by atoms with Crippen LogP contribution in [-0.2, 0) is 11.3 Å². The molecule has 0 fully saturated rings. The normalized spacial score (nSPS) is 9.42. The molecule has 0 aliphatic rings. The molecular weight excluding hydrogens is 172 g/mol. The molecule has 4 heteroatoms. The molecule has 0 bridgehead atoms. The van der Waals surface area contributed by atoms with Crippen LogP contribution in [0.25, 0.3) is 0 Å². The van der Waals surface area contributed by atoms with Crippen LogP contribution < -0.4 is 5.32 Å².